The number of hydrogen-bond donors (Lipinski definition) is 3. The molecule has 0 amide bonds. The maximum atomic E-state index is 5.34. The van der Waals surface area contributed by atoms with Gasteiger partial charge in [0.15, 0.2) is 0 Å². The van der Waals surface area contributed by atoms with E-state index in [0.29, 0.717) is 19.1 Å². The number of nitrogens with two attached hydrogens (primary N) is 1. The Hall–Kier alpha value is -1.92. The number of hydrazine groups is 1. The van der Waals surface area contributed by atoms with E-state index in [-0.39, 0.29) is 0 Å². The van der Waals surface area contributed by atoms with Gasteiger partial charge in [0.1, 0.15) is 5.82 Å². The van der Waals surface area contributed by atoms with Crippen LogP contribution in [0.3, 0.4) is 0 Å². The van der Waals surface area contributed by atoms with Crippen molar-refractivity contribution in [2.75, 3.05) is 31.0 Å². The predicted molar refractivity (Wildman–Crippen MR) is 67.7 cm³/mol. The van der Waals surface area contributed by atoms with E-state index in [1.54, 1.807) is 7.11 Å². The number of rotatable bonds is 5. The quantitative estimate of drug-likeness (QED) is 0.405. The molecule has 0 radical (unpaired) electrons. The van der Waals surface area contributed by atoms with Crippen molar-refractivity contribution in [3.63, 3.8) is 0 Å². The summed E-state index contributed by atoms with van der Waals surface area (Å²) in [6.07, 6.45) is 0. The standard InChI is InChI=1S/C11H15N5O/c1-17-7-6-13-10-8-4-2-3-5-9(8)14-11(15-10)16-12/h2-5H,6-7,12H2,1H3,(H2,13,14,15,16). The molecule has 1 aromatic heterocycles. The molecule has 1 aromatic carbocycles. The zero-order chi connectivity index (χ0) is 12.1. The van der Waals surface area contributed by atoms with Gasteiger partial charge in [-0.25, -0.2) is 10.8 Å². The molecule has 0 aliphatic carbocycles. The lowest BCUT2D eigenvalue weighted by atomic mass is 10.2. The van der Waals surface area contributed by atoms with Gasteiger partial charge in [-0.15, -0.1) is 0 Å². The fourth-order valence-electron chi connectivity index (χ4n) is 1.55. The van der Waals surface area contributed by atoms with Crippen LogP contribution in [0.5, 0.6) is 0 Å². The Kier molecular flexibility index (Phi) is 3.69. The Bertz CT molecular complexity index is 502. The average Bonchev–Trinajstić information content (AvgIpc) is 2.38. The Morgan fingerprint density at radius 2 is 2.12 bits per heavy atom. The molecule has 1 heterocycles. The van der Waals surface area contributed by atoms with Crippen molar-refractivity contribution in [2.45, 2.75) is 0 Å². The number of para-hydroxylation sites is 1. The molecule has 0 aliphatic heterocycles. The molecule has 0 bridgehead atoms. The minimum absolute atomic E-state index is 0.392. The van der Waals surface area contributed by atoms with E-state index in [4.69, 9.17) is 10.6 Å². The van der Waals surface area contributed by atoms with Crippen LogP contribution in [-0.2, 0) is 4.74 Å². The first-order chi connectivity index (χ1) is 8.35. The molecular weight excluding hydrogens is 218 g/mol. The SMILES string of the molecule is COCCNc1nc(NN)nc2ccccc12. The summed E-state index contributed by atoms with van der Waals surface area (Å²) in [4.78, 5) is 8.54. The third kappa shape index (κ3) is 2.61. The van der Waals surface area contributed by atoms with Gasteiger partial charge in [0.25, 0.3) is 0 Å². The number of ether oxygens (including phenoxy) is 1. The third-order valence-corrected chi connectivity index (χ3v) is 2.33. The molecule has 90 valence electrons. The van der Waals surface area contributed by atoms with Crippen molar-refractivity contribution in [2.24, 2.45) is 5.84 Å². The Morgan fingerprint density at radius 3 is 2.88 bits per heavy atom. The van der Waals surface area contributed by atoms with Crippen LogP contribution in [0.15, 0.2) is 24.3 Å². The van der Waals surface area contributed by atoms with Gasteiger partial charge in [-0.05, 0) is 12.1 Å². The second-order valence-corrected chi connectivity index (χ2v) is 3.48. The van der Waals surface area contributed by atoms with Crippen LogP contribution in [0.1, 0.15) is 0 Å². The van der Waals surface area contributed by atoms with Crippen molar-refractivity contribution in [3.05, 3.63) is 24.3 Å². The van der Waals surface area contributed by atoms with E-state index >= 15 is 0 Å². The predicted octanol–water partition coefficient (Wildman–Crippen LogP) is 0.974. The van der Waals surface area contributed by atoms with Crippen LogP contribution < -0.4 is 16.6 Å². The zero-order valence-electron chi connectivity index (χ0n) is 9.60. The van der Waals surface area contributed by atoms with Gasteiger partial charge < -0.3 is 10.1 Å². The van der Waals surface area contributed by atoms with Crippen LogP contribution in [0.4, 0.5) is 11.8 Å². The highest BCUT2D eigenvalue weighted by Crippen LogP contribution is 2.20. The first kappa shape index (κ1) is 11.6. The number of nitrogens with zero attached hydrogens (tertiary/aromatic N) is 2. The van der Waals surface area contributed by atoms with Gasteiger partial charge in [-0.2, -0.15) is 4.98 Å². The molecule has 6 heteroatoms. The normalized spacial score (nSPS) is 10.5. The van der Waals surface area contributed by atoms with Crippen molar-refractivity contribution in [1.82, 2.24) is 9.97 Å². The Labute approximate surface area is 99.2 Å². The number of benzene rings is 1. The van der Waals surface area contributed by atoms with Crippen LogP contribution in [0.2, 0.25) is 0 Å². The first-order valence-electron chi connectivity index (χ1n) is 5.31. The summed E-state index contributed by atoms with van der Waals surface area (Å²) in [6, 6.07) is 7.75. The van der Waals surface area contributed by atoms with E-state index < -0.39 is 0 Å². The molecule has 17 heavy (non-hydrogen) atoms. The molecule has 0 fully saturated rings. The highest BCUT2D eigenvalue weighted by Gasteiger charge is 2.05. The minimum Gasteiger partial charge on any atom is -0.383 e. The average molecular weight is 233 g/mol. The summed E-state index contributed by atoms with van der Waals surface area (Å²) in [5.41, 5.74) is 3.30. The summed E-state index contributed by atoms with van der Waals surface area (Å²) < 4.78 is 4.99. The van der Waals surface area contributed by atoms with Crippen LogP contribution in [0.25, 0.3) is 10.9 Å². The van der Waals surface area contributed by atoms with E-state index in [9.17, 15) is 0 Å². The highest BCUT2D eigenvalue weighted by atomic mass is 16.5. The topological polar surface area (TPSA) is 85.1 Å². The molecule has 0 saturated carbocycles. The summed E-state index contributed by atoms with van der Waals surface area (Å²) >= 11 is 0. The Balaban J connectivity index is 2.36. The molecule has 0 spiro atoms. The van der Waals surface area contributed by atoms with Gasteiger partial charge in [0, 0.05) is 19.0 Å². The Morgan fingerprint density at radius 1 is 1.29 bits per heavy atom. The van der Waals surface area contributed by atoms with Crippen molar-refractivity contribution < 1.29 is 4.74 Å². The molecule has 2 rings (SSSR count). The number of anilines is 2. The molecular formula is C11H15N5O. The van der Waals surface area contributed by atoms with Crippen molar-refractivity contribution in [3.8, 4) is 0 Å². The zero-order valence-corrected chi connectivity index (χ0v) is 9.60. The number of fused-ring (bicyclic) bond motifs is 1. The van der Waals surface area contributed by atoms with Crippen molar-refractivity contribution in [1.29, 1.82) is 0 Å². The summed E-state index contributed by atoms with van der Waals surface area (Å²) in [5.74, 6) is 6.48. The number of hydrogen-bond acceptors (Lipinski definition) is 6. The first-order valence-corrected chi connectivity index (χ1v) is 5.31. The van der Waals surface area contributed by atoms with Crippen LogP contribution in [0, 0.1) is 0 Å². The lowest BCUT2D eigenvalue weighted by Crippen LogP contribution is -2.14. The van der Waals surface area contributed by atoms with Crippen LogP contribution >= 0.6 is 0 Å². The molecule has 0 unspecified atom stereocenters. The second kappa shape index (κ2) is 5.42. The lowest BCUT2D eigenvalue weighted by molar-refractivity contribution is 0.210. The minimum atomic E-state index is 0.392. The smallest absolute Gasteiger partial charge is 0.239 e. The van der Waals surface area contributed by atoms with Gasteiger partial charge in [0.2, 0.25) is 5.95 Å². The fourth-order valence-corrected chi connectivity index (χ4v) is 1.55. The van der Waals surface area contributed by atoms with E-state index in [2.05, 4.69) is 20.7 Å². The molecule has 0 aliphatic rings. The number of nitrogen functional groups attached to an aromatic ring is 1. The van der Waals surface area contributed by atoms with E-state index in [1.807, 2.05) is 24.3 Å². The van der Waals surface area contributed by atoms with E-state index in [1.165, 1.54) is 0 Å². The summed E-state index contributed by atoms with van der Waals surface area (Å²) in [6.45, 7) is 1.30. The molecule has 0 saturated heterocycles. The van der Waals surface area contributed by atoms with Crippen molar-refractivity contribution >= 4 is 22.7 Å². The molecule has 0 atom stereocenters. The van der Waals surface area contributed by atoms with Gasteiger partial charge in [0.05, 0.1) is 12.1 Å². The fraction of sp³-hybridized carbons (Fsp3) is 0.273. The monoisotopic (exact) mass is 233 g/mol. The van der Waals surface area contributed by atoms with Gasteiger partial charge in [-0.1, -0.05) is 12.1 Å². The molecule has 4 N–H and O–H groups in total. The number of aromatic nitrogens is 2. The second-order valence-electron chi connectivity index (χ2n) is 3.48. The highest BCUT2D eigenvalue weighted by molar-refractivity contribution is 5.89. The molecule has 2 aromatic rings. The number of methoxy groups -OCH3 is 1. The summed E-state index contributed by atoms with van der Waals surface area (Å²) in [7, 11) is 1.66. The van der Waals surface area contributed by atoms with Crippen LogP contribution in [-0.4, -0.2) is 30.2 Å². The summed E-state index contributed by atoms with van der Waals surface area (Å²) in [5, 5.41) is 4.15. The largest absolute Gasteiger partial charge is 0.383 e. The maximum absolute atomic E-state index is 5.34. The van der Waals surface area contributed by atoms with E-state index in [0.717, 1.165) is 16.7 Å². The van der Waals surface area contributed by atoms with Gasteiger partial charge >= 0.3 is 0 Å². The van der Waals surface area contributed by atoms with Gasteiger partial charge in [-0.3, -0.25) is 5.43 Å². The third-order valence-electron chi connectivity index (χ3n) is 2.33. The molecule has 6 nitrogen and oxygen atoms in total. The lowest BCUT2D eigenvalue weighted by Gasteiger charge is -2.09. The number of nitrogens with one attached hydrogen (secondary N) is 2. The maximum Gasteiger partial charge on any atom is 0.239 e.